The molecule has 0 aromatic heterocycles. The highest BCUT2D eigenvalue weighted by atomic mass is 16.6. The van der Waals surface area contributed by atoms with Crippen LogP contribution in [0.5, 0.6) is 5.75 Å². The van der Waals surface area contributed by atoms with E-state index in [1.165, 1.54) is 0 Å². The fourth-order valence-electron chi connectivity index (χ4n) is 5.08. The molecule has 1 unspecified atom stereocenters. The third-order valence-corrected chi connectivity index (χ3v) is 7.02. The van der Waals surface area contributed by atoms with Gasteiger partial charge in [0, 0.05) is 6.54 Å². The van der Waals surface area contributed by atoms with Crippen LogP contribution in [0.25, 0.3) is 0 Å². The van der Waals surface area contributed by atoms with Crippen molar-refractivity contribution in [3.05, 3.63) is 101 Å². The van der Waals surface area contributed by atoms with E-state index in [1.54, 1.807) is 18.2 Å². The molecule has 3 saturated heterocycles. The van der Waals surface area contributed by atoms with Crippen molar-refractivity contribution in [1.82, 2.24) is 10.2 Å². The largest absolute Gasteiger partial charge is 0.489 e. The third-order valence-electron chi connectivity index (χ3n) is 7.02. The van der Waals surface area contributed by atoms with Gasteiger partial charge < -0.3 is 19.9 Å². The fourth-order valence-corrected chi connectivity index (χ4v) is 5.08. The number of carbonyl (C=O) groups is 2. The average molecular weight is 487 g/mol. The molecule has 36 heavy (non-hydrogen) atoms. The first-order chi connectivity index (χ1) is 17.5. The van der Waals surface area contributed by atoms with Crippen molar-refractivity contribution in [2.75, 3.05) is 19.6 Å². The molecule has 1 amide bonds. The SMILES string of the molecule is O=C(N[C@@H](c1ccccc1)c1cccc(OCc2cccc(C(=O)O)c2)c1)OC1CN2CCC1CC2. The van der Waals surface area contributed by atoms with E-state index in [1.807, 2.05) is 60.7 Å². The minimum Gasteiger partial charge on any atom is -0.489 e. The summed E-state index contributed by atoms with van der Waals surface area (Å²) < 4.78 is 11.9. The molecule has 3 aromatic rings. The molecule has 0 saturated carbocycles. The molecule has 3 heterocycles. The molecule has 3 aliphatic rings. The standard InChI is InChI=1S/C29H30N2O5/c32-28(33)24-10-4-6-20(16-24)19-35-25-11-5-9-23(17-25)27(22-7-2-1-3-8-22)30-29(34)36-26-18-31-14-12-21(26)13-15-31/h1-11,16-17,21,26-27H,12-15,18-19H2,(H,30,34)(H,32,33)/t26?,27-/m0/s1. The van der Waals surface area contributed by atoms with Gasteiger partial charge in [0.15, 0.2) is 0 Å². The summed E-state index contributed by atoms with van der Waals surface area (Å²) in [6.45, 7) is 3.22. The number of piperidine rings is 3. The highest BCUT2D eigenvalue weighted by molar-refractivity contribution is 5.87. The van der Waals surface area contributed by atoms with Crippen molar-refractivity contribution in [1.29, 1.82) is 0 Å². The number of amides is 1. The van der Waals surface area contributed by atoms with Gasteiger partial charge >= 0.3 is 12.1 Å². The van der Waals surface area contributed by atoms with Gasteiger partial charge in [-0.15, -0.1) is 0 Å². The lowest BCUT2D eigenvalue weighted by atomic mass is 9.86. The number of alkyl carbamates (subject to hydrolysis) is 1. The van der Waals surface area contributed by atoms with Crippen LogP contribution in [0.1, 0.15) is 45.9 Å². The van der Waals surface area contributed by atoms with Gasteiger partial charge in [0.2, 0.25) is 0 Å². The van der Waals surface area contributed by atoms with Crippen molar-refractivity contribution < 1.29 is 24.2 Å². The van der Waals surface area contributed by atoms with Crippen LogP contribution in [0, 0.1) is 5.92 Å². The van der Waals surface area contributed by atoms with Crippen LogP contribution < -0.4 is 10.1 Å². The second-order valence-corrected chi connectivity index (χ2v) is 9.44. The zero-order valence-electron chi connectivity index (χ0n) is 20.0. The number of fused-ring (bicyclic) bond motifs is 3. The van der Waals surface area contributed by atoms with Gasteiger partial charge in [-0.2, -0.15) is 0 Å². The van der Waals surface area contributed by atoms with Crippen molar-refractivity contribution in [2.45, 2.75) is 31.6 Å². The second-order valence-electron chi connectivity index (χ2n) is 9.44. The molecule has 3 aliphatic heterocycles. The predicted octanol–water partition coefficient (Wildman–Crippen LogP) is 4.87. The van der Waals surface area contributed by atoms with Gasteiger partial charge in [0.25, 0.3) is 0 Å². The van der Waals surface area contributed by atoms with Crippen LogP contribution in [0.15, 0.2) is 78.9 Å². The molecule has 3 aromatic carbocycles. The van der Waals surface area contributed by atoms with E-state index in [2.05, 4.69) is 10.2 Å². The summed E-state index contributed by atoms with van der Waals surface area (Å²) in [5.74, 6) is 0.0924. The number of aromatic carboxylic acids is 1. The van der Waals surface area contributed by atoms with Crippen molar-refractivity contribution in [3.63, 3.8) is 0 Å². The molecule has 2 N–H and O–H groups in total. The van der Waals surface area contributed by atoms with Gasteiger partial charge in [-0.1, -0.05) is 54.6 Å². The summed E-state index contributed by atoms with van der Waals surface area (Å²) in [6.07, 6.45) is 1.67. The van der Waals surface area contributed by atoms with E-state index in [0.29, 0.717) is 11.7 Å². The molecule has 0 spiro atoms. The molecule has 0 radical (unpaired) electrons. The summed E-state index contributed by atoms with van der Waals surface area (Å²) in [5, 5.41) is 12.3. The van der Waals surface area contributed by atoms with Gasteiger partial charge in [-0.05, 0) is 72.8 Å². The van der Waals surface area contributed by atoms with Crippen LogP contribution in [0.2, 0.25) is 0 Å². The Bertz CT molecular complexity index is 1210. The van der Waals surface area contributed by atoms with Crippen LogP contribution in [-0.4, -0.2) is 47.8 Å². The minimum atomic E-state index is -0.972. The van der Waals surface area contributed by atoms with E-state index in [4.69, 9.17) is 9.47 Å². The van der Waals surface area contributed by atoms with Gasteiger partial charge in [-0.3, -0.25) is 4.90 Å². The zero-order chi connectivity index (χ0) is 24.9. The molecule has 2 bridgehead atoms. The summed E-state index contributed by atoms with van der Waals surface area (Å²) in [7, 11) is 0. The normalized spacial score (nSPS) is 21.4. The van der Waals surface area contributed by atoms with Crippen molar-refractivity contribution in [3.8, 4) is 5.75 Å². The third kappa shape index (κ3) is 5.69. The predicted molar refractivity (Wildman–Crippen MR) is 135 cm³/mol. The number of benzene rings is 3. The number of carbonyl (C=O) groups excluding carboxylic acids is 1. The number of nitrogens with zero attached hydrogens (tertiary/aromatic N) is 1. The Hall–Kier alpha value is -3.84. The van der Waals surface area contributed by atoms with E-state index in [0.717, 1.165) is 49.2 Å². The molecule has 6 rings (SSSR count). The Morgan fingerprint density at radius 3 is 2.42 bits per heavy atom. The number of nitrogens with one attached hydrogen (secondary N) is 1. The lowest BCUT2D eigenvalue weighted by Gasteiger charge is -2.43. The molecule has 186 valence electrons. The van der Waals surface area contributed by atoms with Crippen LogP contribution in [0.3, 0.4) is 0 Å². The smallest absolute Gasteiger partial charge is 0.408 e. The Labute approximate surface area is 210 Å². The molecule has 3 fully saturated rings. The van der Waals surface area contributed by atoms with E-state index in [-0.39, 0.29) is 18.3 Å². The van der Waals surface area contributed by atoms with Crippen LogP contribution in [0.4, 0.5) is 4.79 Å². The maximum absolute atomic E-state index is 13.0. The zero-order valence-corrected chi connectivity index (χ0v) is 20.0. The number of hydrogen-bond donors (Lipinski definition) is 2. The van der Waals surface area contributed by atoms with E-state index >= 15 is 0 Å². The summed E-state index contributed by atoms with van der Waals surface area (Å²) in [4.78, 5) is 26.6. The van der Waals surface area contributed by atoms with Crippen molar-refractivity contribution in [2.24, 2.45) is 5.92 Å². The van der Waals surface area contributed by atoms with Crippen molar-refractivity contribution >= 4 is 12.1 Å². The number of carboxylic acids is 1. The molecular weight excluding hydrogens is 456 g/mol. The lowest BCUT2D eigenvalue weighted by Crippen LogP contribution is -2.52. The average Bonchev–Trinajstić information content (AvgIpc) is 2.92. The van der Waals surface area contributed by atoms with E-state index in [9.17, 15) is 14.7 Å². The number of rotatable bonds is 8. The monoisotopic (exact) mass is 486 g/mol. The van der Waals surface area contributed by atoms with Crippen LogP contribution in [-0.2, 0) is 11.3 Å². The highest BCUT2D eigenvalue weighted by Gasteiger charge is 2.36. The Morgan fingerprint density at radius 2 is 1.69 bits per heavy atom. The quantitative estimate of drug-likeness (QED) is 0.472. The number of ether oxygens (including phenoxy) is 2. The highest BCUT2D eigenvalue weighted by Crippen LogP contribution is 2.30. The minimum absolute atomic E-state index is 0.0693. The molecule has 7 heteroatoms. The maximum Gasteiger partial charge on any atom is 0.408 e. The second kappa shape index (κ2) is 10.8. The first-order valence-electron chi connectivity index (χ1n) is 12.3. The fraction of sp³-hybridized carbons (Fsp3) is 0.310. The topological polar surface area (TPSA) is 88.1 Å². The number of hydrogen-bond acceptors (Lipinski definition) is 5. The number of carboxylic acid groups (broad SMARTS) is 1. The summed E-state index contributed by atoms with van der Waals surface area (Å²) >= 11 is 0. The van der Waals surface area contributed by atoms with Crippen LogP contribution >= 0.6 is 0 Å². The maximum atomic E-state index is 13.0. The lowest BCUT2D eigenvalue weighted by molar-refractivity contribution is -0.0336. The van der Waals surface area contributed by atoms with Gasteiger partial charge in [0.05, 0.1) is 11.6 Å². The Balaban J connectivity index is 1.30. The molecular formula is C29H30N2O5. The summed E-state index contributed by atoms with van der Waals surface area (Å²) in [6, 6.07) is 23.6. The first kappa shape index (κ1) is 23.9. The first-order valence-corrected chi connectivity index (χ1v) is 12.3. The van der Waals surface area contributed by atoms with E-state index < -0.39 is 18.1 Å². The Kier molecular flexibility index (Phi) is 7.18. The molecule has 7 nitrogen and oxygen atoms in total. The molecule has 0 aliphatic carbocycles. The van der Waals surface area contributed by atoms with Gasteiger partial charge in [-0.25, -0.2) is 9.59 Å². The molecule has 2 atom stereocenters. The Morgan fingerprint density at radius 1 is 0.944 bits per heavy atom. The van der Waals surface area contributed by atoms with Gasteiger partial charge in [0.1, 0.15) is 18.5 Å². The summed E-state index contributed by atoms with van der Waals surface area (Å²) in [5.41, 5.74) is 2.79.